The van der Waals surface area contributed by atoms with Crippen molar-refractivity contribution >= 4 is 40.6 Å². The molecule has 35 heavy (non-hydrogen) atoms. The minimum absolute atomic E-state index is 0.0466. The van der Waals surface area contributed by atoms with Crippen LogP contribution in [0.3, 0.4) is 0 Å². The van der Waals surface area contributed by atoms with Crippen LogP contribution in [0.5, 0.6) is 11.5 Å². The Labute approximate surface area is 209 Å². The quantitative estimate of drug-likeness (QED) is 0.524. The highest BCUT2D eigenvalue weighted by Gasteiger charge is 2.69. The van der Waals surface area contributed by atoms with Crippen molar-refractivity contribution in [2.24, 2.45) is 29.6 Å². The van der Waals surface area contributed by atoms with E-state index in [4.69, 9.17) is 4.74 Å². The highest BCUT2D eigenvalue weighted by molar-refractivity contribution is 8.00. The Morgan fingerprint density at radius 3 is 2.34 bits per heavy atom. The van der Waals surface area contributed by atoms with Crippen LogP contribution in [-0.4, -0.2) is 34.3 Å². The number of nitrogens with zero attached hydrogens (tertiary/aromatic N) is 1. The van der Waals surface area contributed by atoms with Crippen molar-refractivity contribution in [3.05, 3.63) is 68.6 Å². The molecular weight excluding hydrogens is 484 g/mol. The number of ether oxygens (including phenoxy) is 1. The summed E-state index contributed by atoms with van der Waals surface area (Å²) in [6, 6.07) is 14.2. The van der Waals surface area contributed by atoms with Gasteiger partial charge in [0.1, 0.15) is 11.5 Å². The number of nitrogens with one attached hydrogen (secondary N) is 1. The lowest BCUT2D eigenvalue weighted by molar-refractivity contribution is -0.123. The standard InChI is InChI=1S/C26H22N2O5S2/c1-33-14-8-4-12(5-9-14)28-24(30)19-15-10-16(20(19)25(28)31)21-18(15)17(11-2-6-13(29)7-3-11)22-23(34-21)27-26(32)35-22/h2-9,15-21,29H,10H2,1H3,(H,27,32). The van der Waals surface area contributed by atoms with Gasteiger partial charge in [0.05, 0.1) is 29.7 Å². The lowest BCUT2D eigenvalue weighted by atomic mass is 9.68. The molecule has 7 rings (SSSR count). The number of thiazole rings is 1. The number of imide groups is 1. The second-order valence-electron chi connectivity index (χ2n) is 9.76. The molecule has 0 spiro atoms. The van der Waals surface area contributed by atoms with Crippen molar-refractivity contribution in [3.63, 3.8) is 0 Å². The van der Waals surface area contributed by atoms with E-state index in [1.54, 1.807) is 55.3 Å². The first-order chi connectivity index (χ1) is 17.0. The van der Waals surface area contributed by atoms with E-state index < -0.39 is 0 Å². The third kappa shape index (κ3) is 2.88. The van der Waals surface area contributed by atoms with Gasteiger partial charge in [-0.2, -0.15) is 0 Å². The number of phenols is 1. The molecule has 7 unspecified atom stereocenters. The van der Waals surface area contributed by atoms with Crippen molar-refractivity contribution in [3.8, 4) is 11.5 Å². The summed E-state index contributed by atoms with van der Waals surface area (Å²) < 4.78 is 5.23. The van der Waals surface area contributed by atoms with E-state index in [-0.39, 0.29) is 63.2 Å². The van der Waals surface area contributed by atoms with Crippen LogP contribution in [0, 0.1) is 29.6 Å². The van der Waals surface area contributed by atoms with Gasteiger partial charge in [0.15, 0.2) is 0 Å². The molecule has 2 aliphatic heterocycles. The molecule has 9 heteroatoms. The third-order valence-electron chi connectivity index (χ3n) is 8.31. The summed E-state index contributed by atoms with van der Waals surface area (Å²) in [7, 11) is 1.58. The molecule has 1 saturated heterocycles. The molecule has 2 N–H and O–H groups in total. The summed E-state index contributed by atoms with van der Waals surface area (Å²) in [4.78, 5) is 45.0. The first-order valence-electron chi connectivity index (χ1n) is 11.7. The normalized spacial score (nSPS) is 32.5. The summed E-state index contributed by atoms with van der Waals surface area (Å²) in [5, 5.41) is 10.9. The van der Waals surface area contributed by atoms with Gasteiger partial charge in [-0.25, -0.2) is 0 Å². The highest BCUT2D eigenvalue weighted by atomic mass is 32.2. The monoisotopic (exact) mass is 506 g/mol. The predicted octanol–water partition coefficient (Wildman–Crippen LogP) is 3.83. The fraction of sp³-hybridized carbons (Fsp3) is 0.346. The minimum atomic E-state index is -0.340. The Morgan fingerprint density at radius 2 is 1.66 bits per heavy atom. The molecule has 2 aliphatic carbocycles. The van der Waals surface area contributed by atoms with Crippen LogP contribution in [0.4, 0.5) is 5.69 Å². The number of anilines is 1. The Kier molecular flexibility index (Phi) is 4.54. The minimum Gasteiger partial charge on any atom is -0.508 e. The van der Waals surface area contributed by atoms with Gasteiger partial charge in [-0.15, -0.1) is 11.8 Å². The van der Waals surface area contributed by atoms with Crippen molar-refractivity contribution in [2.75, 3.05) is 12.0 Å². The number of fused-ring (bicyclic) bond motifs is 9. The second-order valence-corrected chi connectivity index (χ2v) is 12.0. The van der Waals surface area contributed by atoms with Crippen LogP contribution >= 0.6 is 23.1 Å². The maximum absolute atomic E-state index is 13.7. The summed E-state index contributed by atoms with van der Waals surface area (Å²) in [6.45, 7) is 0. The number of carbonyl (C=O) groups is 2. The number of rotatable bonds is 3. The number of aromatic hydroxyl groups is 1. The summed E-state index contributed by atoms with van der Waals surface area (Å²) in [5.74, 6) is 0.217. The number of carbonyl (C=O) groups excluding carboxylic acids is 2. The zero-order valence-electron chi connectivity index (χ0n) is 18.7. The van der Waals surface area contributed by atoms with Crippen LogP contribution in [0.1, 0.15) is 22.8 Å². The number of aromatic amines is 1. The second kappa shape index (κ2) is 7.48. The molecule has 1 aromatic heterocycles. The van der Waals surface area contributed by atoms with E-state index in [9.17, 15) is 19.5 Å². The average molecular weight is 507 g/mol. The van der Waals surface area contributed by atoms with Crippen molar-refractivity contribution in [1.29, 1.82) is 0 Å². The molecule has 3 fully saturated rings. The van der Waals surface area contributed by atoms with Gasteiger partial charge < -0.3 is 14.8 Å². The summed E-state index contributed by atoms with van der Waals surface area (Å²) in [5.41, 5.74) is 1.62. The van der Waals surface area contributed by atoms with Gasteiger partial charge in [-0.1, -0.05) is 23.5 Å². The zero-order chi connectivity index (χ0) is 24.0. The predicted molar refractivity (Wildman–Crippen MR) is 132 cm³/mol. The first kappa shape index (κ1) is 21.3. The molecule has 2 aromatic carbocycles. The largest absolute Gasteiger partial charge is 0.508 e. The molecule has 3 heterocycles. The lowest BCUT2D eigenvalue weighted by Crippen LogP contribution is -2.42. The van der Waals surface area contributed by atoms with Crippen LogP contribution in [0.2, 0.25) is 0 Å². The van der Waals surface area contributed by atoms with E-state index >= 15 is 0 Å². The Balaban J connectivity index is 1.30. The van der Waals surface area contributed by atoms with Crippen molar-refractivity contribution in [2.45, 2.75) is 22.6 Å². The molecule has 0 radical (unpaired) electrons. The molecule has 178 valence electrons. The van der Waals surface area contributed by atoms with E-state index in [2.05, 4.69) is 4.98 Å². The maximum Gasteiger partial charge on any atom is 0.305 e. The summed E-state index contributed by atoms with van der Waals surface area (Å²) in [6.07, 6.45) is 0.847. The number of benzene rings is 2. The Hall–Kier alpha value is -3.04. The molecule has 3 aromatic rings. The molecular formula is C26H22N2O5S2. The van der Waals surface area contributed by atoms with Gasteiger partial charge in [-0.05, 0) is 66.1 Å². The molecule has 4 aliphatic rings. The van der Waals surface area contributed by atoms with Crippen LogP contribution < -0.4 is 14.5 Å². The Bertz CT molecular complexity index is 1410. The number of hydrogen-bond acceptors (Lipinski definition) is 7. The van der Waals surface area contributed by atoms with Crippen LogP contribution in [-0.2, 0) is 9.59 Å². The summed E-state index contributed by atoms with van der Waals surface area (Å²) >= 11 is 2.91. The van der Waals surface area contributed by atoms with E-state index in [1.807, 2.05) is 12.1 Å². The van der Waals surface area contributed by atoms with E-state index in [0.717, 1.165) is 21.9 Å². The van der Waals surface area contributed by atoms with Crippen LogP contribution in [0.15, 0.2) is 58.4 Å². The SMILES string of the molecule is COc1ccc(N2C(=O)C3C4CC(C3C2=O)C2C(c3ccc(O)cc3)c3sc(=O)[nH]c3SC42)cc1. The van der Waals surface area contributed by atoms with Gasteiger partial charge in [0.25, 0.3) is 0 Å². The number of methoxy groups -OCH3 is 1. The van der Waals surface area contributed by atoms with Crippen LogP contribution in [0.25, 0.3) is 0 Å². The topological polar surface area (TPSA) is 99.7 Å². The number of phenolic OH excluding ortho intramolecular Hbond substituents is 1. The number of aromatic nitrogens is 1. The molecule has 2 amide bonds. The van der Waals surface area contributed by atoms with E-state index in [1.165, 1.54) is 16.2 Å². The third-order valence-corrected chi connectivity index (χ3v) is 10.9. The highest BCUT2D eigenvalue weighted by Crippen LogP contribution is 2.68. The number of hydrogen-bond donors (Lipinski definition) is 2. The number of amides is 2. The molecule has 2 bridgehead atoms. The maximum atomic E-state index is 13.7. The Morgan fingerprint density at radius 1 is 0.971 bits per heavy atom. The van der Waals surface area contributed by atoms with Gasteiger partial charge in [-0.3, -0.25) is 19.3 Å². The van der Waals surface area contributed by atoms with E-state index in [0.29, 0.717) is 11.4 Å². The van der Waals surface area contributed by atoms with Gasteiger partial charge in [0, 0.05) is 16.0 Å². The molecule has 7 atom stereocenters. The number of thioether (sulfide) groups is 1. The first-order valence-corrected chi connectivity index (χ1v) is 13.4. The van der Waals surface area contributed by atoms with Gasteiger partial charge in [0.2, 0.25) is 11.8 Å². The van der Waals surface area contributed by atoms with Gasteiger partial charge >= 0.3 is 4.87 Å². The van der Waals surface area contributed by atoms with Crippen molar-refractivity contribution < 1.29 is 19.4 Å². The average Bonchev–Trinajstić information content (AvgIpc) is 3.59. The number of H-pyrrole nitrogens is 1. The molecule has 2 saturated carbocycles. The zero-order valence-corrected chi connectivity index (χ0v) is 20.3. The smallest absolute Gasteiger partial charge is 0.305 e. The molecule has 7 nitrogen and oxygen atoms in total. The fourth-order valence-electron chi connectivity index (χ4n) is 7.06. The van der Waals surface area contributed by atoms with Crippen molar-refractivity contribution in [1.82, 2.24) is 4.98 Å². The fourth-order valence-corrected chi connectivity index (χ4v) is 9.95. The lowest BCUT2D eigenvalue weighted by Gasteiger charge is -2.43.